The monoisotopic (exact) mass is 472 g/mol. The van der Waals surface area contributed by atoms with Gasteiger partial charge in [-0.15, -0.1) is 10.2 Å². The van der Waals surface area contributed by atoms with Crippen LogP contribution in [0.5, 0.6) is 0 Å². The van der Waals surface area contributed by atoms with Crippen LogP contribution in [0.15, 0.2) is 90.1 Å². The Balaban J connectivity index is 1.45. The first kappa shape index (κ1) is 23.3. The Kier molecular flexibility index (Phi) is 7.72. The van der Waals surface area contributed by atoms with Crippen molar-refractivity contribution in [3.8, 4) is 5.69 Å². The summed E-state index contributed by atoms with van der Waals surface area (Å²) < 4.78 is 6.96. The maximum absolute atomic E-state index is 12.6. The Bertz CT molecular complexity index is 1240. The largest absolute Gasteiger partial charge is 0.462 e. The Morgan fingerprint density at radius 1 is 0.912 bits per heavy atom. The third-order valence-electron chi connectivity index (χ3n) is 4.93. The van der Waals surface area contributed by atoms with E-state index in [0.29, 0.717) is 29.4 Å². The lowest BCUT2D eigenvalue weighted by Crippen LogP contribution is -2.15. The second-order valence-corrected chi connectivity index (χ2v) is 8.31. The van der Waals surface area contributed by atoms with Gasteiger partial charge in [0.2, 0.25) is 5.91 Å². The summed E-state index contributed by atoms with van der Waals surface area (Å²) in [5.74, 6) is 0.397. The number of amides is 1. The smallest absolute Gasteiger partial charge is 0.338 e. The van der Waals surface area contributed by atoms with Crippen LogP contribution in [-0.2, 0) is 16.0 Å². The van der Waals surface area contributed by atoms with Gasteiger partial charge in [-0.25, -0.2) is 4.79 Å². The van der Waals surface area contributed by atoms with Crippen molar-refractivity contribution in [3.63, 3.8) is 0 Å². The number of nitrogens with one attached hydrogen (secondary N) is 1. The molecule has 7 nitrogen and oxygen atoms in total. The predicted molar refractivity (Wildman–Crippen MR) is 132 cm³/mol. The summed E-state index contributed by atoms with van der Waals surface area (Å²) in [5, 5.41) is 12.3. The molecule has 0 aliphatic rings. The van der Waals surface area contributed by atoms with Crippen LogP contribution in [0, 0.1) is 0 Å². The molecule has 4 aromatic rings. The van der Waals surface area contributed by atoms with Gasteiger partial charge in [-0.2, -0.15) is 0 Å². The molecule has 0 radical (unpaired) electrons. The van der Waals surface area contributed by atoms with Crippen molar-refractivity contribution < 1.29 is 14.3 Å². The van der Waals surface area contributed by atoms with Crippen molar-refractivity contribution in [2.24, 2.45) is 0 Å². The van der Waals surface area contributed by atoms with Gasteiger partial charge >= 0.3 is 5.97 Å². The summed E-state index contributed by atoms with van der Waals surface area (Å²) in [5.41, 5.74) is 3.12. The highest BCUT2D eigenvalue weighted by atomic mass is 32.2. The van der Waals surface area contributed by atoms with Gasteiger partial charge in [-0.05, 0) is 48.9 Å². The first-order valence-corrected chi connectivity index (χ1v) is 11.9. The van der Waals surface area contributed by atoms with E-state index in [2.05, 4.69) is 27.6 Å². The number of hydrogen-bond donors (Lipinski definition) is 1. The molecule has 1 aromatic heterocycles. The fourth-order valence-electron chi connectivity index (χ4n) is 3.35. The number of rotatable bonds is 9. The van der Waals surface area contributed by atoms with Crippen molar-refractivity contribution in [1.82, 2.24) is 14.8 Å². The molecule has 0 aliphatic heterocycles. The zero-order valence-corrected chi connectivity index (χ0v) is 19.5. The Morgan fingerprint density at radius 2 is 1.59 bits per heavy atom. The van der Waals surface area contributed by atoms with Crippen LogP contribution >= 0.6 is 11.8 Å². The third kappa shape index (κ3) is 5.90. The summed E-state index contributed by atoms with van der Waals surface area (Å²) >= 11 is 1.32. The highest BCUT2D eigenvalue weighted by Gasteiger charge is 2.16. The maximum atomic E-state index is 12.6. The van der Waals surface area contributed by atoms with Crippen LogP contribution in [-0.4, -0.2) is 39.0 Å². The number of ether oxygens (including phenoxy) is 1. The summed E-state index contributed by atoms with van der Waals surface area (Å²) in [6.45, 7) is 2.07. The normalized spacial score (nSPS) is 10.6. The molecule has 0 saturated heterocycles. The second kappa shape index (κ2) is 11.3. The van der Waals surface area contributed by atoms with Crippen molar-refractivity contribution in [3.05, 3.63) is 102 Å². The average Bonchev–Trinajstić information content (AvgIpc) is 3.26. The molecule has 0 bridgehead atoms. The number of aromatic nitrogens is 3. The molecule has 0 atom stereocenters. The fraction of sp³-hybridized carbons (Fsp3) is 0.154. The molecule has 8 heteroatoms. The van der Waals surface area contributed by atoms with Crippen LogP contribution in [0.2, 0.25) is 0 Å². The number of hydrogen-bond acceptors (Lipinski definition) is 6. The van der Waals surface area contributed by atoms with Gasteiger partial charge in [0, 0.05) is 17.8 Å². The molecule has 3 aromatic carbocycles. The van der Waals surface area contributed by atoms with Gasteiger partial charge in [-0.1, -0.05) is 60.3 Å². The van der Waals surface area contributed by atoms with E-state index in [9.17, 15) is 9.59 Å². The van der Waals surface area contributed by atoms with E-state index in [4.69, 9.17) is 4.74 Å². The van der Waals surface area contributed by atoms with E-state index in [1.807, 2.05) is 53.1 Å². The SMILES string of the molecule is CCOC(=O)c1ccc(NC(=O)CSc2nnc(Cc3ccccc3)n2-c2ccccc2)cc1. The van der Waals surface area contributed by atoms with Crippen LogP contribution in [0.4, 0.5) is 5.69 Å². The number of nitrogens with zero attached hydrogens (tertiary/aromatic N) is 3. The van der Waals surface area contributed by atoms with Gasteiger partial charge in [0.15, 0.2) is 5.16 Å². The number of benzene rings is 3. The predicted octanol–water partition coefficient (Wildman–Crippen LogP) is 4.77. The van der Waals surface area contributed by atoms with E-state index in [0.717, 1.165) is 17.1 Å². The third-order valence-corrected chi connectivity index (χ3v) is 5.86. The minimum atomic E-state index is -0.387. The number of thioether (sulfide) groups is 1. The minimum absolute atomic E-state index is 0.163. The maximum Gasteiger partial charge on any atom is 0.338 e. The van der Waals surface area contributed by atoms with Crippen LogP contribution in [0.3, 0.4) is 0 Å². The Hall–Kier alpha value is -3.91. The van der Waals surface area contributed by atoms with Gasteiger partial charge in [0.1, 0.15) is 5.82 Å². The van der Waals surface area contributed by atoms with E-state index in [1.54, 1.807) is 31.2 Å². The molecule has 4 rings (SSSR count). The van der Waals surface area contributed by atoms with Crippen molar-refractivity contribution >= 4 is 29.3 Å². The summed E-state index contributed by atoms with van der Waals surface area (Å²) in [7, 11) is 0. The zero-order valence-electron chi connectivity index (χ0n) is 18.7. The molecule has 0 saturated carbocycles. The summed E-state index contributed by atoms with van der Waals surface area (Å²) in [6.07, 6.45) is 0.627. The molecule has 1 amide bonds. The Morgan fingerprint density at radius 3 is 2.26 bits per heavy atom. The number of anilines is 1. The van der Waals surface area contributed by atoms with E-state index < -0.39 is 0 Å². The molecular weight excluding hydrogens is 448 g/mol. The fourth-order valence-corrected chi connectivity index (χ4v) is 4.13. The Labute approximate surface area is 202 Å². The average molecular weight is 473 g/mol. The lowest BCUT2D eigenvalue weighted by Gasteiger charge is -2.10. The van der Waals surface area contributed by atoms with E-state index in [-0.39, 0.29) is 17.6 Å². The lowest BCUT2D eigenvalue weighted by atomic mass is 10.1. The lowest BCUT2D eigenvalue weighted by molar-refractivity contribution is -0.113. The van der Waals surface area contributed by atoms with Crippen molar-refractivity contribution in [2.75, 3.05) is 17.7 Å². The summed E-state index contributed by atoms with van der Waals surface area (Å²) in [6, 6.07) is 26.6. The first-order valence-electron chi connectivity index (χ1n) is 10.9. The molecular formula is C26H24N4O3S. The molecule has 0 fully saturated rings. The van der Waals surface area contributed by atoms with Crippen molar-refractivity contribution in [1.29, 1.82) is 0 Å². The standard InChI is InChI=1S/C26H24N4O3S/c1-2-33-25(32)20-13-15-21(16-14-20)27-24(31)18-34-26-29-28-23(17-19-9-5-3-6-10-19)30(26)22-11-7-4-8-12-22/h3-16H,2,17-18H2,1H3,(H,27,31). The number of carbonyl (C=O) groups is 2. The molecule has 0 aliphatic carbocycles. The van der Waals surface area contributed by atoms with Crippen molar-refractivity contribution in [2.45, 2.75) is 18.5 Å². The quantitative estimate of drug-likeness (QED) is 0.279. The minimum Gasteiger partial charge on any atom is -0.462 e. The molecule has 1 N–H and O–H groups in total. The van der Waals surface area contributed by atoms with Crippen LogP contribution in [0.1, 0.15) is 28.7 Å². The van der Waals surface area contributed by atoms with E-state index in [1.165, 1.54) is 11.8 Å². The van der Waals surface area contributed by atoms with Gasteiger partial charge in [-0.3, -0.25) is 9.36 Å². The number of para-hydroxylation sites is 1. The van der Waals surface area contributed by atoms with Crippen LogP contribution < -0.4 is 5.32 Å². The number of carbonyl (C=O) groups excluding carboxylic acids is 2. The molecule has 0 spiro atoms. The second-order valence-electron chi connectivity index (χ2n) is 7.37. The van der Waals surface area contributed by atoms with Gasteiger partial charge < -0.3 is 10.1 Å². The molecule has 172 valence electrons. The number of esters is 1. The zero-order chi connectivity index (χ0) is 23.8. The highest BCUT2D eigenvalue weighted by Crippen LogP contribution is 2.24. The summed E-state index contributed by atoms with van der Waals surface area (Å²) in [4.78, 5) is 24.3. The first-order chi connectivity index (χ1) is 16.6. The molecule has 34 heavy (non-hydrogen) atoms. The van der Waals surface area contributed by atoms with Gasteiger partial charge in [0.25, 0.3) is 0 Å². The van der Waals surface area contributed by atoms with E-state index >= 15 is 0 Å². The highest BCUT2D eigenvalue weighted by molar-refractivity contribution is 7.99. The molecule has 0 unspecified atom stereocenters. The van der Waals surface area contributed by atoms with Gasteiger partial charge in [0.05, 0.1) is 17.9 Å². The van der Waals surface area contributed by atoms with Crippen LogP contribution in [0.25, 0.3) is 5.69 Å². The molecule has 1 heterocycles. The topological polar surface area (TPSA) is 86.1 Å².